The number of benzene rings is 2. The molecule has 2 aromatic rings. The molecular weight excluding hydrogens is 313 g/mol. The Bertz CT molecular complexity index is 701. The Morgan fingerprint density at radius 2 is 1.87 bits per heavy atom. The first-order chi connectivity index (χ1) is 11.1. The van der Waals surface area contributed by atoms with Crippen LogP contribution < -0.4 is 15.5 Å². The molecule has 0 atom stereocenters. The minimum atomic E-state index is -0.292. The van der Waals surface area contributed by atoms with Gasteiger partial charge in [-0.05, 0) is 55.0 Å². The number of halogens is 1. The van der Waals surface area contributed by atoms with Gasteiger partial charge in [0, 0.05) is 17.8 Å². The Hall–Kier alpha value is -2.47. The predicted octanol–water partition coefficient (Wildman–Crippen LogP) is 3.74. The number of hydrogen-bond acceptors (Lipinski definition) is 3. The molecule has 4 nitrogen and oxygen atoms in total. The second kappa shape index (κ2) is 8.24. The lowest BCUT2D eigenvalue weighted by molar-refractivity contribution is 0.411. The Morgan fingerprint density at radius 3 is 2.57 bits per heavy atom. The molecule has 0 saturated carbocycles. The molecule has 0 aliphatic heterocycles. The molecule has 0 bridgehead atoms. The van der Waals surface area contributed by atoms with Gasteiger partial charge < -0.3 is 10.1 Å². The summed E-state index contributed by atoms with van der Waals surface area (Å²) in [7, 11) is 1.64. The molecule has 2 aromatic carbocycles. The second-order valence-corrected chi connectivity index (χ2v) is 5.32. The standard InChI is InChI=1S/C17H18FN3OS/c1-12(11-13-5-3-4-6-16(13)22-2)20-21-17(23)19-15-9-7-14(18)8-10-15/h3-10H,11H2,1-2H3,(H2,19,21,23)/b20-12-. The highest BCUT2D eigenvalue weighted by atomic mass is 32.1. The Balaban J connectivity index is 1.91. The molecule has 0 spiro atoms. The normalized spacial score (nSPS) is 11.0. The van der Waals surface area contributed by atoms with E-state index in [1.54, 1.807) is 19.2 Å². The average Bonchev–Trinajstić information content (AvgIpc) is 2.55. The van der Waals surface area contributed by atoms with E-state index in [1.165, 1.54) is 12.1 Å². The van der Waals surface area contributed by atoms with Gasteiger partial charge in [-0.2, -0.15) is 5.10 Å². The summed E-state index contributed by atoms with van der Waals surface area (Å²) in [5.74, 6) is 0.536. The number of methoxy groups -OCH3 is 1. The van der Waals surface area contributed by atoms with Gasteiger partial charge in [0.1, 0.15) is 11.6 Å². The van der Waals surface area contributed by atoms with E-state index in [0.29, 0.717) is 17.2 Å². The van der Waals surface area contributed by atoms with Crippen LogP contribution in [0.15, 0.2) is 53.6 Å². The number of hydrazone groups is 1. The van der Waals surface area contributed by atoms with Crippen LogP contribution in [0.25, 0.3) is 0 Å². The van der Waals surface area contributed by atoms with Crippen molar-refractivity contribution in [3.63, 3.8) is 0 Å². The van der Waals surface area contributed by atoms with Gasteiger partial charge in [-0.15, -0.1) is 0 Å². The van der Waals surface area contributed by atoms with Gasteiger partial charge in [-0.1, -0.05) is 18.2 Å². The number of ether oxygens (including phenoxy) is 1. The van der Waals surface area contributed by atoms with Gasteiger partial charge in [0.2, 0.25) is 0 Å². The first-order valence-corrected chi connectivity index (χ1v) is 7.47. The lowest BCUT2D eigenvalue weighted by atomic mass is 10.1. The van der Waals surface area contributed by atoms with E-state index in [2.05, 4.69) is 15.8 Å². The molecule has 120 valence electrons. The number of rotatable bonds is 5. The van der Waals surface area contributed by atoms with E-state index in [-0.39, 0.29) is 5.82 Å². The number of nitrogens with one attached hydrogen (secondary N) is 2. The maximum absolute atomic E-state index is 12.8. The van der Waals surface area contributed by atoms with E-state index >= 15 is 0 Å². The van der Waals surface area contributed by atoms with Gasteiger partial charge in [0.25, 0.3) is 0 Å². The third kappa shape index (κ3) is 5.34. The van der Waals surface area contributed by atoms with Gasteiger partial charge in [-0.3, -0.25) is 5.43 Å². The minimum Gasteiger partial charge on any atom is -0.496 e. The van der Waals surface area contributed by atoms with Crippen molar-refractivity contribution in [2.75, 3.05) is 12.4 Å². The van der Waals surface area contributed by atoms with Gasteiger partial charge in [0.05, 0.1) is 7.11 Å². The third-order valence-corrected chi connectivity index (χ3v) is 3.28. The molecule has 0 heterocycles. The lowest BCUT2D eigenvalue weighted by Crippen LogP contribution is -2.25. The maximum Gasteiger partial charge on any atom is 0.191 e. The number of anilines is 1. The van der Waals surface area contributed by atoms with Crippen LogP contribution in [0.1, 0.15) is 12.5 Å². The zero-order chi connectivity index (χ0) is 16.7. The minimum absolute atomic E-state index is 0.292. The van der Waals surface area contributed by atoms with Crippen molar-refractivity contribution >= 4 is 28.7 Å². The predicted molar refractivity (Wildman–Crippen MR) is 95.6 cm³/mol. The van der Waals surface area contributed by atoms with Crippen molar-refractivity contribution in [2.45, 2.75) is 13.3 Å². The van der Waals surface area contributed by atoms with Crippen molar-refractivity contribution in [2.24, 2.45) is 5.10 Å². The fraction of sp³-hybridized carbons (Fsp3) is 0.176. The first-order valence-electron chi connectivity index (χ1n) is 7.06. The Morgan fingerprint density at radius 1 is 1.17 bits per heavy atom. The van der Waals surface area contributed by atoms with Crippen LogP contribution >= 0.6 is 12.2 Å². The Labute approximate surface area is 140 Å². The molecular formula is C17H18FN3OS. The fourth-order valence-corrected chi connectivity index (χ4v) is 2.17. The molecule has 0 aliphatic rings. The summed E-state index contributed by atoms with van der Waals surface area (Å²) in [5, 5.41) is 7.52. The Kier molecular flexibility index (Phi) is 6.05. The largest absolute Gasteiger partial charge is 0.496 e. The number of thiocarbonyl (C=S) groups is 1. The number of para-hydroxylation sites is 1. The molecule has 0 radical (unpaired) electrons. The topological polar surface area (TPSA) is 45.6 Å². The van der Waals surface area contributed by atoms with Crippen LogP contribution in [-0.4, -0.2) is 17.9 Å². The fourth-order valence-electron chi connectivity index (χ4n) is 2.00. The zero-order valence-electron chi connectivity index (χ0n) is 13.0. The van der Waals surface area contributed by atoms with Crippen LogP contribution in [-0.2, 0) is 6.42 Å². The molecule has 0 aliphatic carbocycles. The molecule has 0 fully saturated rings. The second-order valence-electron chi connectivity index (χ2n) is 4.91. The maximum atomic E-state index is 12.8. The van der Waals surface area contributed by atoms with Crippen LogP contribution in [0.3, 0.4) is 0 Å². The van der Waals surface area contributed by atoms with Crippen molar-refractivity contribution in [3.05, 3.63) is 59.9 Å². The highest BCUT2D eigenvalue weighted by Gasteiger charge is 2.04. The summed E-state index contributed by atoms with van der Waals surface area (Å²) in [6.45, 7) is 1.90. The summed E-state index contributed by atoms with van der Waals surface area (Å²) in [5.41, 5.74) is 5.38. The number of nitrogens with zero attached hydrogens (tertiary/aromatic N) is 1. The SMILES string of the molecule is COc1ccccc1C/C(C)=N\NC(=S)Nc1ccc(F)cc1. The highest BCUT2D eigenvalue weighted by Crippen LogP contribution is 2.18. The summed E-state index contributed by atoms with van der Waals surface area (Å²) >= 11 is 5.15. The van der Waals surface area contributed by atoms with Crippen molar-refractivity contribution in [3.8, 4) is 5.75 Å². The molecule has 23 heavy (non-hydrogen) atoms. The molecule has 0 saturated heterocycles. The molecule has 2 rings (SSSR count). The van der Waals surface area contributed by atoms with Crippen LogP contribution in [0, 0.1) is 5.82 Å². The summed E-state index contributed by atoms with van der Waals surface area (Å²) < 4.78 is 18.2. The van der Waals surface area contributed by atoms with Crippen molar-refractivity contribution < 1.29 is 9.13 Å². The molecule has 6 heteroatoms. The van der Waals surface area contributed by atoms with Gasteiger partial charge in [0.15, 0.2) is 5.11 Å². The molecule has 2 N–H and O–H groups in total. The third-order valence-electron chi connectivity index (χ3n) is 3.09. The van der Waals surface area contributed by atoms with Crippen LogP contribution in [0.5, 0.6) is 5.75 Å². The van der Waals surface area contributed by atoms with Crippen LogP contribution in [0.4, 0.5) is 10.1 Å². The molecule has 0 unspecified atom stereocenters. The quantitative estimate of drug-likeness (QED) is 0.498. The van der Waals surface area contributed by atoms with E-state index in [1.807, 2.05) is 31.2 Å². The average molecular weight is 331 g/mol. The van der Waals surface area contributed by atoms with Crippen LogP contribution in [0.2, 0.25) is 0 Å². The summed E-state index contributed by atoms with van der Waals surface area (Å²) in [6, 6.07) is 13.7. The summed E-state index contributed by atoms with van der Waals surface area (Å²) in [4.78, 5) is 0. The van der Waals surface area contributed by atoms with Crippen molar-refractivity contribution in [1.29, 1.82) is 0 Å². The van der Waals surface area contributed by atoms with Gasteiger partial charge >= 0.3 is 0 Å². The van der Waals surface area contributed by atoms with E-state index in [9.17, 15) is 4.39 Å². The van der Waals surface area contributed by atoms with E-state index in [0.717, 1.165) is 17.0 Å². The van der Waals surface area contributed by atoms with Gasteiger partial charge in [-0.25, -0.2) is 4.39 Å². The monoisotopic (exact) mass is 331 g/mol. The van der Waals surface area contributed by atoms with E-state index in [4.69, 9.17) is 17.0 Å². The van der Waals surface area contributed by atoms with E-state index < -0.39 is 0 Å². The zero-order valence-corrected chi connectivity index (χ0v) is 13.8. The van der Waals surface area contributed by atoms with Crippen molar-refractivity contribution in [1.82, 2.24) is 5.43 Å². The first kappa shape index (κ1) is 16.9. The smallest absolute Gasteiger partial charge is 0.191 e. The molecule has 0 amide bonds. The number of hydrogen-bond donors (Lipinski definition) is 2. The molecule has 0 aromatic heterocycles. The highest BCUT2D eigenvalue weighted by molar-refractivity contribution is 7.80. The lowest BCUT2D eigenvalue weighted by Gasteiger charge is -2.09. The summed E-state index contributed by atoms with van der Waals surface area (Å²) in [6.07, 6.45) is 0.649.